The first-order valence-corrected chi connectivity index (χ1v) is 11.4. The molecule has 0 unspecified atom stereocenters. The van der Waals surface area contributed by atoms with Crippen molar-refractivity contribution in [3.05, 3.63) is 122 Å². The summed E-state index contributed by atoms with van der Waals surface area (Å²) in [5.74, 6) is 0.614. The molecule has 0 amide bonds. The van der Waals surface area contributed by atoms with Gasteiger partial charge >= 0.3 is 0 Å². The van der Waals surface area contributed by atoms with Crippen molar-refractivity contribution in [2.45, 2.75) is 57.8 Å². The van der Waals surface area contributed by atoms with Gasteiger partial charge in [-0.15, -0.1) is 0 Å². The van der Waals surface area contributed by atoms with E-state index in [4.69, 9.17) is 19.7 Å². The second-order valence-electron chi connectivity index (χ2n) is 9.32. The number of rotatable bonds is 3. The van der Waals surface area contributed by atoms with Crippen molar-refractivity contribution in [3.63, 3.8) is 0 Å². The predicted octanol–water partition coefficient (Wildman–Crippen LogP) is 9.10. The average molecular weight is 613 g/mol. The molecule has 3 nitrogen and oxygen atoms in total. The molecule has 0 radical (unpaired) electrons. The summed E-state index contributed by atoms with van der Waals surface area (Å²) in [5.41, 5.74) is 8.94. The van der Waals surface area contributed by atoms with E-state index in [9.17, 15) is 0 Å². The van der Waals surface area contributed by atoms with Gasteiger partial charge in [-0.3, -0.25) is 0 Å². The zero-order valence-electron chi connectivity index (χ0n) is 19.8. The summed E-state index contributed by atoms with van der Waals surface area (Å²) in [6, 6.07) is 18.3. The first-order valence-electron chi connectivity index (χ1n) is 11.4. The van der Waals surface area contributed by atoms with E-state index in [1.165, 1.54) is 0 Å². The Bertz CT molecular complexity index is 1170. The molecule has 0 aromatic heterocycles. The van der Waals surface area contributed by atoms with E-state index in [0.717, 1.165) is 52.6 Å². The first kappa shape index (κ1) is 25.4. The topological polar surface area (TPSA) is 13.1 Å². The molecule has 3 aromatic carbocycles. The van der Waals surface area contributed by atoms with E-state index in [-0.39, 0.29) is 38.8 Å². The molecule has 0 bridgehead atoms. The number of nitrogens with zero attached hydrogens (tertiary/aromatic N) is 3. The van der Waals surface area contributed by atoms with E-state index in [0.29, 0.717) is 17.1 Å². The summed E-state index contributed by atoms with van der Waals surface area (Å²) in [6.45, 7) is 29.4. The van der Waals surface area contributed by atoms with Crippen LogP contribution in [0.4, 0.5) is 17.1 Å². The zero-order valence-corrected chi connectivity index (χ0v) is 22.7. The van der Waals surface area contributed by atoms with Crippen LogP contribution in [0.15, 0.2) is 54.6 Å². The van der Waals surface area contributed by atoms with Crippen LogP contribution < -0.4 is 0 Å². The van der Waals surface area contributed by atoms with Crippen molar-refractivity contribution in [3.8, 4) is 0 Å². The molecule has 0 spiro atoms. The molecule has 0 N–H and O–H groups in total. The maximum absolute atomic E-state index is 7.73. The minimum absolute atomic E-state index is 0. The van der Waals surface area contributed by atoms with Crippen molar-refractivity contribution in [2.24, 2.45) is 0 Å². The average Bonchev–Trinajstić information content (AvgIpc) is 2.83. The predicted molar refractivity (Wildman–Crippen MR) is 134 cm³/mol. The summed E-state index contributed by atoms with van der Waals surface area (Å²) in [6.07, 6.45) is 2.73. The fourth-order valence-corrected chi connectivity index (χ4v) is 5.39. The summed E-state index contributed by atoms with van der Waals surface area (Å²) in [7, 11) is 0. The molecule has 0 aliphatic heterocycles. The van der Waals surface area contributed by atoms with Gasteiger partial charge in [0.15, 0.2) is 17.1 Å². The van der Waals surface area contributed by atoms with Gasteiger partial charge in [0, 0.05) is 21.1 Å². The molecule has 0 atom stereocenters. The van der Waals surface area contributed by atoms with Crippen LogP contribution in [0.5, 0.6) is 0 Å². The Kier molecular flexibility index (Phi) is 8.10. The number of hydrogen-bond donors (Lipinski definition) is 0. The van der Waals surface area contributed by atoms with E-state index in [1.54, 1.807) is 0 Å². The fraction of sp³-hybridized carbons (Fsp3) is 0.300. The smallest absolute Gasteiger partial charge is 0.190 e. The summed E-state index contributed by atoms with van der Waals surface area (Å²) in [4.78, 5) is 11.5. The number of hydrogen-bond acceptors (Lipinski definition) is 0. The largest absolute Gasteiger partial charge is 0.238 e. The van der Waals surface area contributed by atoms with Crippen LogP contribution in [0.2, 0.25) is 0 Å². The molecule has 168 valence electrons. The van der Waals surface area contributed by atoms with Gasteiger partial charge in [0.25, 0.3) is 0 Å². The molecular formula is C30H27N3W. The van der Waals surface area contributed by atoms with Gasteiger partial charge in [-0.25, -0.2) is 14.5 Å². The Hall–Kier alpha value is -3.18. The van der Waals surface area contributed by atoms with Crippen molar-refractivity contribution in [1.82, 2.24) is 0 Å². The monoisotopic (exact) mass is 613 g/mol. The van der Waals surface area contributed by atoms with Gasteiger partial charge in [0.05, 0.1) is 19.7 Å². The molecule has 1 saturated carbocycles. The van der Waals surface area contributed by atoms with Crippen molar-refractivity contribution >= 4 is 17.1 Å². The number of benzene rings is 3. The van der Waals surface area contributed by atoms with Crippen LogP contribution in [-0.4, -0.2) is 0 Å². The molecule has 4 rings (SSSR count). The van der Waals surface area contributed by atoms with Crippen molar-refractivity contribution in [2.75, 3.05) is 0 Å². The van der Waals surface area contributed by atoms with Gasteiger partial charge in [0.2, 0.25) is 0 Å². The Morgan fingerprint density at radius 3 is 1.03 bits per heavy atom. The van der Waals surface area contributed by atoms with Gasteiger partial charge in [-0.05, 0) is 74.5 Å². The second kappa shape index (κ2) is 10.8. The Labute approximate surface area is 217 Å². The van der Waals surface area contributed by atoms with Crippen LogP contribution in [0.1, 0.15) is 70.4 Å². The minimum atomic E-state index is 0. The Balaban J connectivity index is 0.00000324. The Morgan fingerprint density at radius 1 is 0.529 bits per heavy atom. The summed E-state index contributed by atoms with van der Waals surface area (Å²) < 4.78 is 0. The summed E-state index contributed by atoms with van der Waals surface area (Å²) >= 11 is 0. The maximum Gasteiger partial charge on any atom is 0.190 e. The van der Waals surface area contributed by atoms with Crippen LogP contribution >= 0.6 is 0 Å². The molecule has 4 heteroatoms. The molecule has 1 aliphatic carbocycles. The molecule has 3 aromatic rings. The SMILES string of the molecule is [C-]#[N+]c1ccc(C)cc1C1CC(c2cc(C)ccc2[N+]#[C-])CC(c2cc(C)ccc2[N+]#[C-])C1.[W]. The van der Waals surface area contributed by atoms with E-state index in [1.807, 2.05) is 36.4 Å². The van der Waals surface area contributed by atoms with E-state index >= 15 is 0 Å². The van der Waals surface area contributed by atoms with Crippen LogP contribution in [-0.2, 0) is 21.1 Å². The quantitative estimate of drug-likeness (QED) is 0.262. The summed E-state index contributed by atoms with van der Waals surface area (Å²) in [5, 5.41) is 0. The standard InChI is InChI=1S/C30H27N3.W/c1-19-7-10-28(31-4)25(13-19)22-16-23(26-14-20(2)8-11-29(26)32-5)18-24(17-22)27-15-21(3)9-12-30(27)33-6;/h7-15,22-24H,16-18H2,1-3H3;. The van der Waals surface area contributed by atoms with E-state index < -0.39 is 0 Å². The Morgan fingerprint density at radius 2 is 0.794 bits per heavy atom. The molecule has 0 heterocycles. The van der Waals surface area contributed by atoms with Gasteiger partial charge < -0.3 is 0 Å². The fourth-order valence-electron chi connectivity index (χ4n) is 5.39. The molecular weight excluding hydrogens is 586 g/mol. The first-order chi connectivity index (χ1) is 15.9. The van der Waals surface area contributed by atoms with Gasteiger partial charge in [0.1, 0.15) is 0 Å². The molecule has 1 aliphatic rings. The minimum Gasteiger partial charge on any atom is -0.238 e. The number of aryl methyl sites for hydroxylation is 3. The van der Waals surface area contributed by atoms with Crippen molar-refractivity contribution < 1.29 is 21.1 Å². The van der Waals surface area contributed by atoms with Crippen LogP contribution in [0.25, 0.3) is 14.5 Å². The maximum atomic E-state index is 7.73. The normalized spacial score (nSPS) is 19.2. The third kappa shape index (κ3) is 5.15. The molecule has 1 fully saturated rings. The third-order valence-corrected chi connectivity index (χ3v) is 6.94. The third-order valence-electron chi connectivity index (χ3n) is 6.94. The van der Waals surface area contributed by atoms with E-state index in [2.05, 4.69) is 53.5 Å². The zero-order chi connectivity index (χ0) is 23.5. The second-order valence-corrected chi connectivity index (χ2v) is 9.32. The van der Waals surface area contributed by atoms with Gasteiger partial charge in [-0.1, -0.05) is 71.3 Å². The molecule has 0 saturated heterocycles. The van der Waals surface area contributed by atoms with Crippen LogP contribution in [0.3, 0.4) is 0 Å². The van der Waals surface area contributed by atoms with Crippen molar-refractivity contribution in [1.29, 1.82) is 0 Å². The molecule has 34 heavy (non-hydrogen) atoms. The van der Waals surface area contributed by atoms with Crippen LogP contribution in [0, 0.1) is 40.5 Å². The van der Waals surface area contributed by atoms with Gasteiger partial charge in [-0.2, -0.15) is 0 Å².